The standard InChI is InChI=1S/C26H23NO3/c1-16-9-10-17(2)23(11-16)27-14-20-12-22-21(19-7-5-4-6-8-19)13-24(28)30-26(22)18(3)25(20)29-15-27/h4-13H,14-15H2,1-3H3. The summed E-state index contributed by atoms with van der Waals surface area (Å²) in [5.41, 5.74) is 7.73. The molecule has 0 fully saturated rings. The van der Waals surface area contributed by atoms with Crippen LogP contribution in [-0.2, 0) is 6.54 Å². The van der Waals surface area contributed by atoms with Crippen LogP contribution in [-0.4, -0.2) is 6.73 Å². The first kappa shape index (κ1) is 18.5. The molecule has 1 aliphatic heterocycles. The van der Waals surface area contributed by atoms with Crippen LogP contribution in [0, 0.1) is 20.8 Å². The van der Waals surface area contributed by atoms with Gasteiger partial charge in [0.25, 0.3) is 0 Å². The number of anilines is 1. The number of benzene rings is 3. The molecule has 4 aromatic rings. The molecular weight excluding hydrogens is 374 g/mol. The van der Waals surface area contributed by atoms with Crippen LogP contribution in [0.2, 0.25) is 0 Å². The summed E-state index contributed by atoms with van der Waals surface area (Å²) >= 11 is 0. The van der Waals surface area contributed by atoms with E-state index in [1.54, 1.807) is 6.07 Å². The number of rotatable bonds is 2. The van der Waals surface area contributed by atoms with Crippen molar-refractivity contribution >= 4 is 16.7 Å². The topological polar surface area (TPSA) is 42.7 Å². The van der Waals surface area contributed by atoms with Crippen molar-refractivity contribution in [1.29, 1.82) is 0 Å². The van der Waals surface area contributed by atoms with Crippen LogP contribution in [0.3, 0.4) is 0 Å². The fraction of sp³-hybridized carbons (Fsp3) is 0.192. The van der Waals surface area contributed by atoms with E-state index in [0.717, 1.165) is 39.9 Å². The van der Waals surface area contributed by atoms with Crippen molar-refractivity contribution in [2.45, 2.75) is 27.3 Å². The Morgan fingerprint density at radius 2 is 1.73 bits per heavy atom. The van der Waals surface area contributed by atoms with Crippen LogP contribution in [0.15, 0.2) is 69.9 Å². The number of nitrogens with zero attached hydrogens (tertiary/aromatic N) is 1. The van der Waals surface area contributed by atoms with Gasteiger partial charge in [0.05, 0.1) is 0 Å². The molecule has 0 saturated carbocycles. The maximum Gasteiger partial charge on any atom is 0.336 e. The Labute approximate surface area is 175 Å². The molecular formula is C26H23NO3. The Kier molecular flexibility index (Phi) is 4.35. The highest BCUT2D eigenvalue weighted by molar-refractivity contribution is 5.96. The van der Waals surface area contributed by atoms with Gasteiger partial charge in [0.2, 0.25) is 0 Å². The Balaban J connectivity index is 1.68. The van der Waals surface area contributed by atoms with E-state index in [1.807, 2.05) is 37.3 Å². The van der Waals surface area contributed by atoms with Crippen LogP contribution in [0.25, 0.3) is 22.1 Å². The normalized spacial score (nSPS) is 13.2. The fourth-order valence-electron chi connectivity index (χ4n) is 4.29. The minimum Gasteiger partial charge on any atom is -0.472 e. The Morgan fingerprint density at radius 1 is 0.933 bits per heavy atom. The van der Waals surface area contributed by atoms with Gasteiger partial charge in [0, 0.05) is 34.8 Å². The molecule has 30 heavy (non-hydrogen) atoms. The van der Waals surface area contributed by atoms with Crippen molar-refractivity contribution in [3.8, 4) is 16.9 Å². The molecule has 0 atom stereocenters. The first-order valence-electron chi connectivity index (χ1n) is 10.1. The van der Waals surface area contributed by atoms with Crippen molar-refractivity contribution in [3.63, 3.8) is 0 Å². The summed E-state index contributed by atoms with van der Waals surface area (Å²) in [6, 6.07) is 20.1. The van der Waals surface area contributed by atoms with Gasteiger partial charge in [-0.15, -0.1) is 0 Å². The highest BCUT2D eigenvalue weighted by Gasteiger charge is 2.24. The van der Waals surface area contributed by atoms with Crippen LogP contribution in [0.4, 0.5) is 5.69 Å². The van der Waals surface area contributed by atoms with Crippen molar-refractivity contribution < 1.29 is 9.15 Å². The van der Waals surface area contributed by atoms with Gasteiger partial charge in [-0.25, -0.2) is 4.79 Å². The smallest absolute Gasteiger partial charge is 0.336 e. The Bertz CT molecular complexity index is 1320. The molecule has 0 radical (unpaired) electrons. The third-order valence-electron chi connectivity index (χ3n) is 5.81. The van der Waals surface area contributed by atoms with Gasteiger partial charge in [-0.1, -0.05) is 42.5 Å². The molecule has 0 N–H and O–H groups in total. The molecule has 0 bridgehead atoms. The average Bonchev–Trinajstić information content (AvgIpc) is 2.76. The lowest BCUT2D eigenvalue weighted by Gasteiger charge is -2.33. The van der Waals surface area contributed by atoms with E-state index in [4.69, 9.17) is 9.15 Å². The van der Waals surface area contributed by atoms with E-state index in [2.05, 4.69) is 43.0 Å². The molecule has 4 nitrogen and oxygen atoms in total. The summed E-state index contributed by atoms with van der Waals surface area (Å²) in [5.74, 6) is 0.817. The molecule has 0 unspecified atom stereocenters. The summed E-state index contributed by atoms with van der Waals surface area (Å²) in [6.45, 7) is 7.40. The summed E-state index contributed by atoms with van der Waals surface area (Å²) in [4.78, 5) is 14.5. The maximum absolute atomic E-state index is 12.3. The molecule has 150 valence electrons. The highest BCUT2D eigenvalue weighted by atomic mass is 16.5. The number of hydrogen-bond donors (Lipinski definition) is 0. The second-order valence-corrected chi connectivity index (χ2v) is 7.97. The quantitative estimate of drug-likeness (QED) is 0.405. The number of hydrogen-bond acceptors (Lipinski definition) is 4. The molecule has 2 heterocycles. The van der Waals surface area contributed by atoms with E-state index >= 15 is 0 Å². The molecule has 5 rings (SSSR count). The van der Waals surface area contributed by atoms with Gasteiger partial charge in [0.15, 0.2) is 6.73 Å². The Hall–Kier alpha value is -3.53. The zero-order chi connectivity index (χ0) is 20.8. The molecule has 0 aliphatic carbocycles. The van der Waals surface area contributed by atoms with Crippen LogP contribution >= 0.6 is 0 Å². The maximum atomic E-state index is 12.3. The van der Waals surface area contributed by atoms with E-state index in [1.165, 1.54) is 16.8 Å². The van der Waals surface area contributed by atoms with Gasteiger partial charge in [-0.3, -0.25) is 0 Å². The largest absolute Gasteiger partial charge is 0.472 e. The van der Waals surface area contributed by atoms with Gasteiger partial charge in [-0.2, -0.15) is 0 Å². The monoisotopic (exact) mass is 397 g/mol. The second kappa shape index (κ2) is 7.06. The lowest BCUT2D eigenvalue weighted by atomic mass is 9.96. The average molecular weight is 397 g/mol. The van der Waals surface area contributed by atoms with E-state index in [-0.39, 0.29) is 5.63 Å². The van der Waals surface area contributed by atoms with Crippen molar-refractivity contribution in [2.75, 3.05) is 11.6 Å². The molecule has 3 aromatic carbocycles. The number of ether oxygens (including phenoxy) is 1. The van der Waals surface area contributed by atoms with E-state index < -0.39 is 0 Å². The summed E-state index contributed by atoms with van der Waals surface area (Å²) < 4.78 is 11.8. The SMILES string of the molecule is Cc1ccc(C)c(N2COc3c(cc4c(-c5ccccc5)cc(=O)oc4c3C)C2)c1. The van der Waals surface area contributed by atoms with Crippen LogP contribution < -0.4 is 15.3 Å². The zero-order valence-corrected chi connectivity index (χ0v) is 17.4. The molecule has 1 aromatic heterocycles. The zero-order valence-electron chi connectivity index (χ0n) is 17.4. The van der Waals surface area contributed by atoms with Crippen molar-refractivity contribution in [2.24, 2.45) is 0 Å². The van der Waals surface area contributed by atoms with Crippen molar-refractivity contribution in [1.82, 2.24) is 0 Å². The summed E-state index contributed by atoms with van der Waals surface area (Å²) in [7, 11) is 0. The van der Waals surface area contributed by atoms with Crippen molar-refractivity contribution in [3.05, 3.63) is 93.3 Å². The third kappa shape index (κ3) is 3.05. The summed E-state index contributed by atoms with van der Waals surface area (Å²) in [5, 5.41) is 0.934. The highest BCUT2D eigenvalue weighted by Crippen LogP contribution is 2.39. The second-order valence-electron chi connectivity index (χ2n) is 7.97. The molecule has 0 spiro atoms. The van der Waals surface area contributed by atoms with E-state index in [9.17, 15) is 4.79 Å². The molecule has 4 heteroatoms. The number of aryl methyl sites for hydroxylation is 3. The molecule has 0 amide bonds. The van der Waals surface area contributed by atoms with Gasteiger partial charge in [-0.05, 0) is 55.2 Å². The minimum atomic E-state index is -0.350. The first-order valence-corrected chi connectivity index (χ1v) is 10.1. The van der Waals surface area contributed by atoms with Crippen LogP contribution in [0.5, 0.6) is 5.75 Å². The summed E-state index contributed by atoms with van der Waals surface area (Å²) in [6.07, 6.45) is 0. The van der Waals surface area contributed by atoms with Crippen LogP contribution in [0.1, 0.15) is 22.3 Å². The number of fused-ring (bicyclic) bond motifs is 2. The van der Waals surface area contributed by atoms with Gasteiger partial charge >= 0.3 is 5.63 Å². The predicted molar refractivity (Wildman–Crippen MR) is 120 cm³/mol. The lowest BCUT2D eigenvalue weighted by Crippen LogP contribution is -2.32. The first-order chi connectivity index (χ1) is 14.5. The molecule has 1 aliphatic rings. The predicted octanol–water partition coefficient (Wildman–Crippen LogP) is 5.74. The van der Waals surface area contributed by atoms with E-state index in [0.29, 0.717) is 12.3 Å². The van der Waals surface area contributed by atoms with Gasteiger partial charge < -0.3 is 14.1 Å². The molecule has 0 saturated heterocycles. The Morgan fingerprint density at radius 3 is 2.53 bits per heavy atom. The fourth-order valence-corrected chi connectivity index (χ4v) is 4.29. The lowest BCUT2D eigenvalue weighted by molar-refractivity contribution is 0.287. The third-order valence-corrected chi connectivity index (χ3v) is 5.81. The van der Waals surface area contributed by atoms with Gasteiger partial charge in [0.1, 0.15) is 11.3 Å². The minimum absolute atomic E-state index is 0.350.